The van der Waals surface area contributed by atoms with E-state index in [9.17, 15) is 4.79 Å². The molecule has 0 fully saturated rings. The summed E-state index contributed by atoms with van der Waals surface area (Å²) in [6.07, 6.45) is 0.742. The molecule has 1 amide bonds. The first-order chi connectivity index (χ1) is 9.69. The number of pyridine rings is 1. The third-order valence-corrected chi connectivity index (χ3v) is 3.29. The first kappa shape index (κ1) is 14.7. The molecule has 2 rings (SSSR count). The molecule has 104 valence electrons. The van der Waals surface area contributed by atoms with Crippen LogP contribution in [0.3, 0.4) is 0 Å². The number of rotatable bonds is 5. The zero-order valence-corrected chi connectivity index (χ0v) is 12.4. The number of nitrogens with zero attached hydrogens (tertiary/aromatic N) is 1. The van der Waals surface area contributed by atoms with Crippen molar-refractivity contribution in [3.8, 4) is 0 Å². The van der Waals surface area contributed by atoms with Crippen LogP contribution in [0.2, 0.25) is 0 Å². The zero-order chi connectivity index (χ0) is 14.4. The highest BCUT2D eigenvalue weighted by atomic mass is 79.9. The number of hydrogen-bond acceptors (Lipinski definition) is 3. The molecule has 1 heterocycles. The van der Waals surface area contributed by atoms with Crippen LogP contribution in [0.5, 0.6) is 0 Å². The highest BCUT2D eigenvalue weighted by Crippen LogP contribution is 2.07. The highest BCUT2D eigenvalue weighted by Gasteiger charge is 2.06. The van der Waals surface area contributed by atoms with Crippen molar-refractivity contribution in [3.05, 3.63) is 63.9 Å². The molecule has 1 aromatic heterocycles. The van der Waals surface area contributed by atoms with Crippen LogP contribution in [-0.4, -0.2) is 22.5 Å². The number of benzene rings is 1. The predicted molar refractivity (Wildman–Crippen MR) is 80.3 cm³/mol. The molecule has 0 bridgehead atoms. The SMILES string of the molecule is O=C(NCCc1ccc(CO)cc1)c1cccc(Br)n1. The highest BCUT2D eigenvalue weighted by molar-refractivity contribution is 9.10. The fourth-order valence-corrected chi connectivity index (χ4v) is 2.10. The summed E-state index contributed by atoms with van der Waals surface area (Å²) in [5.41, 5.74) is 2.40. The summed E-state index contributed by atoms with van der Waals surface area (Å²) in [6, 6.07) is 12.9. The van der Waals surface area contributed by atoms with E-state index >= 15 is 0 Å². The summed E-state index contributed by atoms with van der Waals surface area (Å²) in [4.78, 5) is 16.0. The van der Waals surface area contributed by atoms with E-state index in [4.69, 9.17) is 5.11 Å². The van der Waals surface area contributed by atoms with Gasteiger partial charge in [0, 0.05) is 6.54 Å². The van der Waals surface area contributed by atoms with Crippen molar-refractivity contribution in [2.75, 3.05) is 6.54 Å². The monoisotopic (exact) mass is 334 g/mol. The Bertz CT molecular complexity index is 585. The summed E-state index contributed by atoms with van der Waals surface area (Å²) in [7, 11) is 0. The first-order valence-corrected chi connectivity index (χ1v) is 7.08. The Morgan fingerprint density at radius 1 is 1.15 bits per heavy atom. The molecule has 2 aromatic rings. The van der Waals surface area contributed by atoms with Crippen LogP contribution in [0, 0.1) is 0 Å². The van der Waals surface area contributed by atoms with E-state index < -0.39 is 0 Å². The summed E-state index contributed by atoms with van der Waals surface area (Å²) in [5, 5.41) is 11.8. The van der Waals surface area contributed by atoms with E-state index in [0.29, 0.717) is 16.8 Å². The van der Waals surface area contributed by atoms with Crippen molar-refractivity contribution >= 4 is 21.8 Å². The van der Waals surface area contributed by atoms with Gasteiger partial charge in [-0.25, -0.2) is 4.98 Å². The number of aromatic nitrogens is 1. The average Bonchev–Trinajstić information content (AvgIpc) is 2.48. The molecule has 0 saturated carbocycles. The van der Waals surface area contributed by atoms with Crippen LogP contribution in [0.1, 0.15) is 21.6 Å². The maximum atomic E-state index is 11.9. The molecule has 0 radical (unpaired) electrons. The Hall–Kier alpha value is -1.72. The molecule has 2 N–H and O–H groups in total. The van der Waals surface area contributed by atoms with Gasteiger partial charge in [0.1, 0.15) is 10.3 Å². The second-order valence-electron chi connectivity index (χ2n) is 4.33. The fourth-order valence-electron chi connectivity index (χ4n) is 1.76. The second kappa shape index (κ2) is 7.17. The molecule has 0 atom stereocenters. The summed E-state index contributed by atoms with van der Waals surface area (Å²) in [6.45, 7) is 0.594. The van der Waals surface area contributed by atoms with Gasteiger partial charge < -0.3 is 10.4 Å². The topological polar surface area (TPSA) is 62.2 Å². The molecule has 4 nitrogen and oxygen atoms in total. The Kier molecular flexibility index (Phi) is 5.26. The van der Waals surface area contributed by atoms with Crippen molar-refractivity contribution in [3.63, 3.8) is 0 Å². The predicted octanol–water partition coefficient (Wildman–Crippen LogP) is 2.31. The molecule has 1 aromatic carbocycles. The molecule has 0 spiro atoms. The number of hydrogen-bond donors (Lipinski definition) is 2. The Balaban J connectivity index is 1.84. The van der Waals surface area contributed by atoms with Gasteiger partial charge in [0.15, 0.2) is 0 Å². The normalized spacial score (nSPS) is 10.3. The smallest absolute Gasteiger partial charge is 0.269 e. The lowest BCUT2D eigenvalue weighted by atomic mass is 10.1. The van der Waals surface area contributed by atoms with Gasteiger partial charge in [-0.15, -0.1) is 0 Å². The van der Waals surface area contributed by atoms with Crippen molar-refractivity contribution in [2.24, 2.45) is 0 Å². The van der Waals surface area contributed by atoms with Gasteiger partial charge in [-0.2, -0.15) is 0 Å². The molecule has 0 saturated heterocycles. The minimum Gasteiger partial charge on any atom is -0.392 e. The van der Waals surface area contributed by atoms with Gasteiger partial charge >= 0.3 is 0 Å². The largest absolute Gasteiger partial charge is 0.392 e. The molecule has 0 aliphatic heterocycles. The van der Waals surface area contributed by atoms with Gasteiger partial charge in [-0.3, -0.25) is 4.79 Å². The number of aliphatic hydroxyl groups is 1. The number of halogens is 1. The number of carbonyl (C=O) groups is 1. The van der Waals surface area contributed by atoms with E-state index in [-0.39, 0.29) is 12.5 Å². The van der Waals surface area contributed by atoms with E-state index in [2.05, 4.69) is 26.2 Å². The number of nitrogens with one attached hydrogen (secondary N) is 1. The summed E-state index contributed by atoms with van der Waals surface area (Å²) < 4.78 is 0.643. The third kappa shape index (κ3) is 4.15. The van der Waals surface area contributed by atoms with Gasteiger partial charge in [0.05, 0.1) is 6.61 Å². The fraction of sp³-hybridized carbons (Fsp3) is 0.200. The van der Waals surface area contributed by atoms with Crippen molar-refractivity contribution < 1.29 is 9.90 Å². The van der Waals surface area contributed by atoms with Crippen LogP contribution in [0.15, 0.2) is 47.1 Å². The maximum absolute atomic E-state index is 11.9. The van der Waals surface area contributed by atoms with Gasteiger partial charge in [-0.1, -0.05) is 30.3 Å². The molecule has 0 unspecified atom stereocenters. The second-order valence-corrected chi connectivity index (χ2v) is 5.14. The summed E-state index contributed by atoms with van der Waals surface area (Å²) >= 11 is 3.24. The Labute approximate surface area is 126 Å². The molecular formula is C15H15BrN2O2. The van der Waals surface area contributed by atoms with Crippen LogP contribution in [0.25, 0.3) is 0 Å². The molecular weight excluding hydrogens is 320 g/mol. The van der Waals surface area contributed by atoms with Gasteiger partial charge in [0.25, 0.3) is 5.91 Å². The van der Waals surface area contributed by atoms with Crippen LogP contribution >= 0.6 is 15.9 Å². The molecule has 0 aliphatic rings. The third-order valence-electron chi connectivity index (χ3n) is 2.85. The molecule has 0 aliphatic carbocycles. The van der Waals surface area contributed by atoms with Crippen molar-refractivity contribution in [1.82, 2.24) is 10.3 Å². The number of carbonyl (C=O) groups excluding carboxylic acids is 1. The van der Waals surface area contributed by atoms with Crippen LogP contribution < -0.4 is 5.32 Å². The zero-order valence-electron chi connectivity index (χ0n) is 10.8. The first-order valence-electron chi connectivity index (χ1n) is 6.28. The Morgan fingerprint density at radius 3 is 2.50 bits per heavy atom. The van der Waals surface area contributed by atoms with E-state index in [1.807, 2.05) is 24.3 Å². The number of amides is 1. The quantitative estimate of drug-likeness (QED) is 0.825. The molecule has 5 heteroatoms. The lowest BCUT2D eigenvalue weighted by molar-refractivity contribution is 0.0949. The minimum absolute atomic E-state index is 0.0472. The maximum Gasteiger partial charge on any atom is 0.269 e. The van der Waals surface area contributed by atoms with Crippen LogP contribution in [0.4, 0.5) is 0 Å². The van der Waals surface area contributed by atoms with Gasteiger partial charge in [-0.05, 0) is 45.6 Å². The minimum atomic E-state index is -0.182. The van der Waals surface area contributed by atoms with Crippen molar-refractivity contribution in [1.29, 1.82) is 0 Å². The van der Waals surface area contributed by atoms with E-state index in [1.165, 1.54) is 0 Å². The lowest BCUT2D eigenvalue weighted by Crippen LogP contribution is -2.26. The van der Waals surface area contributed by atoms with Crippen LogP contribution in [-0.2, 0) is 13.0 Å². The van der Waals surface area contributed by atoms with E-state index in [1.54, 1.807) is 18.2 Å². The summed E-state index contributed by atoms with van der Waals surface area (Å²) in [5.74, 6) is -0.182. The van der Waals surface area contributed by atoms with Gasteiger partial charge in [0.2, 0.25) is 0 Å². The Morgan fingerprint density at radius 2 is 1.85 bits per heavy atom. The molecule has 20 heavy (non-hydrogen) atoms. The van der Waals surface area contributed by atoms with E-state index in [0.717, 1.165) is 17.5 Å². The standard InChI is InChI=1S/C15H15BrN2O2/c16-14-3-1-2-13(18-14)15(20)17-9-8-11-4-6-12(10-19)7-5-11/h1-7,19H,8-10H2,(H,17,20). The average molecular weight is 335 g/mol. The van der Waals surface area contributed by atoms with Crippen molar-refractivity contribution in [2.45, 2.75) is 13.0 Å². The number of aliphatic hydroxyl groups excluding tert-OH is 1. The lowest BCUT2D eigenvalue weighted by Gasteiger charge is -2.06.